The molecular formula is C17H25ClN2O. The van der Waals surface area contributed by atoms with Crippen molar-refractivity contribution < 1.29 is 4.79 Å². The van der Waals surface area contributed by atoms with Gasteiger partial charge in [-0.25, -0.2) is 0 Å². The highest BCUT2D eigenvalue weighted by Crippen LogP contribution is 2.26. The molecule has 0 bridgehead atoms. The first kappa shape index (κ1) is 16.3. The average Bonchev–Trinajstić information content (AvgIpc) is 2.99. The van der Waals surface area contributed by atoms with E-state index in [9.17, 15) is 4.79 Å². The van der Waals surface area contributed by atoms with E-state index in [0.717, 1.165) is 31.0 Å². The average molecular weight is 309 g/mol. The Morgan fingerprint density at radius 1 is 1.38 bits per heavy atom. The maximum absolute atomic E-state index is 11.9. The van der Waals surface area contributed by atoms with Crippen molar-refractivity contribution in [2.75, 3.05) is 19.6 Å². The van der Waals surface area contributed by atoms with E-state index in [4.69, 9.17) is 11.6 Å². The monoisotopic (exact) mass is 308 g/mol. The van der Waals surface area contributed by atoms with Crippen LogP contribution in [0.1, 0.15) is 50.6 Å². The molecule has 0 saturated carbocycles. The smallest absolute Gasteiger partial charge is 0.220 e. The van der Waals surface area contributed by atoms with Crippen molar-refractivity contribution in [1.29, 1.82) is 0 Å². The first-order valence-corrected chi connectivity index (χ1v) is 8.34. The summed E-state index contributed by atoms with van der Waals surface area (Å²) < 4.78 is 0. The fraction of sp³-hybridized carbons (Fsp3) is 0.588. The fourth-order valence-electron chi connectivity index (χ4n) is 2.86. The molecule has 1 aliphatic rings. The normalized spacial score (nSPS) is 16.9. The SMILES string of the molecule is CCCCC(=O)NCC(c1cccc(Cl)c1)N1CCCC1. The highest BCUT2D eigenvalue weighted by Gasteiger charge is 2.23. The molecule has 0 aromatic heterocycles. The molecular weight excluding hydrogens is 284 g/mol. The van der Waals surface area contributed by atoms with Crippen LogP contribution in [0.4, 0.5) is 0 Å². The first-order chi connectivity index (χ1) is 10.2. The van der Waals surface area contributed by atoms with Crippen molar-refractivity contribution >= 4 is 17.5 Å². The summed E-state index contributed by atoms with van der Waals surface area (Å²) in [5, 5.41) is 3.85. The van der Waals surface area contributed by atoms with Crippen LogP contribution in [-0.2, 0) is 4.79 Å². The number of unbranched alkanes of at least 4 members (excludes halogenated alkanes) is 1. The number of carbonyl (C=O) groups is 1. The summed E-state index contributed by atoms with van der Waals surface area (Å²) in [4.78, 5) is 14.3. The molecule has 1 aromatic rings. The third-order valence-corrected chi connectivity index (χ3v) is 4.30. The van der Waals surface area contributed by atoms with Gasteiger partial charge in [0.1, 0.15) is 0 Å². The van der Waals surface area contributed by atoms with Crippen LogP contribution in [0, 0.1) is 0 Å². The predicted octanol–water partition coefficient (Wildman–Crippen LogP) is 3.78. The molecule has 1 unspecified atom stereocenters. The summed E-state index contributed by atoms with van der Waals surface area (Å²) >= 11 is 6.12. The van der Waals surface area contributed by atoms with Gasteiger partial charge in [0.2, 0.25) is 5.91 Å². The third kappa shape index (κ3) is 5.01. The van der Waals surface area contributed by atoms with Gasteiger partial charge in [-0.1, -0.05) is 37.1 Å². The van der Waals surface area contributed by atoms with Crippen molar-refractivity contribution in [3.63, 3.8) is 0 Å². The first-order valence-electron chi connectivity index (χ1n) is 7.97. The minimum absolute atomic E-state index is 0.156. The van der Waals surface area contributed by atoms with Crippen molar-refractivity contribution in [3.8, 4) is 0 Å². The number of rotatable bonds is 7. The van der Waals surface area contributed by atoms with Crippen LogP contribution in [-0.4, -0.2) is 30.4 Å². The second-order valence-corrected chi connectivity index (χ2v) is 6.16. The second kappa shape index (κ2) is 8.40. The summed E-state index contributed by atoms with van der Waals surface area (Å²) in [6, 6.07) is 8.23. The van der Waals surface area contributed by atoms with E-state index >= 15 is 0 Å². The van der Waals surface area contributed by atoms with Crippen LogP contribution in [0.15, 0.2) is 24.3 Å². The Kier molecular flexibility index (Phi) is 6.52. The van der Waals surface area contributed by atoms with E-state index < -0.39 is 0 Å². The highest BCUT2D eigenvalue weighted by atomic mass is 35.5. The Balaban J connectivity index is 2.00. The highest BCUT2D eigenvalue weighted by molar-refractivity contribution is 6.30. The van der Waals surface area contributed by atoms with Crippen molar-refractivity contribution in [2.45, 2.75) is 45.1 Å². The van der Waals surface area contributed by atoms with E-state index in [1.165, 1.54) is 18.4 Å². The van der Waals surface area contributed by atoms with Gasteiger partial charge in [0.05, 0.1) is 6.04 Å². The quantitative estimate of drug-likeness (QED) is 0.831. The van der Waals surface area contributed by atoms with Gasteiger partial charge in [-0.2, -0.15) is 0 Å². The number of carbonyl (C=O) groups excluding carboxylic acids is 1. The van der Waals surface area contributed by atoms with E-state index in [0.29, 0.717) is 13.0 Å². The molecule has 1 saturated heterocycles. The number of benzene rings is 1. The van der Waals surface area contributed by atoms with Gasteiger partial charge in [-0.3, -0.25) is 9.69 Å². The van der Waals surface area contributed by atoms with Gasteiger partial charge in [0.15, 0.2) is 0 Å². The number of hydrogen-bond donors (Lipinski definition) is 1. The van der Waals surface area contributed by atoms with Crippen molar-refractivity contribution in [3.05, 3.63) is 34.9 Å². The van der Waals surface area contributed by atoms with Crippen LogP contribution in [0.5, 0.6) is 0 Å². The lowest BCUT2D eigenvalue weighted by molar-refractivity contribution is -0.121. The van der Waals surface area contributed by atoms with Crippen LogP contribution in [0.25, 0.3) is 0 Å². The molecule has 1 heterocycles. The molecule has 1 N–H and O–H groups in total. The lowest BCUT2D eigenvalue weighted by Crippen LogP contribution is -2.36. The molecule has 2 rings (SSSR count). The van der Waals surface area contributed by atoms with Gasteiger partial charge in [0.25, 0.3) is 0 Å². The van der Waals surface area contributed by atoms with Crippen LogP contribution in [0.3, 0.4) is 0 Å². The summed E-state index contributed by atoms with van der Waals surface area (Å²) in [5.41, 5.74) is 1.19. The molecule has 1 amide bonds. The minimum atomic E-state index is 0.156. The third-order valence-electron chi connectivity index (χ3n) is 4.06. The maximum Gasteiger partial charge on any atom is 0.220 e. The molecule has 1 aromatic carbocycles. The lowest BCUT2D eigenvalue weighted by Gasteiger charge is -2.28. The molecule has 0 radical (unpaired) electrons. The minimum Gasteiger partial charge on any atom is -0.354 e. The van der Waals surface area contributed by atoms with Crippen molar-refractivity contribution in [2.24, 2.45) is 0 Å². The number of amides is 1. The van der Waals surface area contributed by atoms with E-state index in [-0.39, 0.29) is 11.9 Å². The number of nitrogens with one attached hydrogen (secondary N) is 1. The van der Waals surface area contributed by atoms with E-state index in [2.05, 4.69) is 23.2 Å². The Hall–Kier alpha value is -1.06. The number of hydrogen-bond acceptors (Lipinski definition) is 2. The molecule has 3 nitrogen and oxygen atoms in total. The van der Waals surface area contributed by atoms with Gasteiger partial charge in [-0.15, -0.1) is 0 Å². The zero-order valence-electron chi connectivity index (χ0n) is 12.8. The van der Waals surface area contributed by atoms with Crippen molar-refractivity contribution in [1.82, 2.24) is 10.2 Å². The number of nitrogens with zero attached hydrogens (tertiary/aromatic N) is 1. The van der Waals surface area contributed by atoms with Gasteiger partial charge in [-0.05, 0) is 50.0 Å². The summed E-state index contributed by atoms with van der Waals surface area (Å²) in [5.74, 6) is 0.156. The van der Waals surface area contributed by atoms with Crippen LogP contribution < -0.4 is 5.32 Å². The van der Waals surface area contributed by atoms with Gasteiger partial charge < -0.3 is 5.32 Å². The Morgan fingerprint density at radius 3 is 2.81 bits per heavy atom. The summed E-state index contributed by atoms with van der Waals surface area (Å²) in [6.45, 7) is 4.97. The molecule has 21 heavy (non-hydrogen) atoms. The molecule has 0 aliphatic carbocycles. The Labute approximate surface area is 132 Å². The van der Waals surface area contributed by atoms with Gasteiger partial charge in [0, 0.05) is 18.0 Å². The standard InChI is InChI=1S/C17H25ClN2O/c1-2-3-9-17(21)19-13-16(20-10-4-5-11-20)14-7-6-8-15(18)12-14/h6-8,12,16H,2-5,9-11,13H2,1H3,(H,19,21). The topological polar surface area (TPSA) is 32.3 Å². The second-order valence-electron chi connectivity index (χ2n) is 5.72. The Bertz CT molecular complexity index is 458. The maximum atomic E-state index is 11.9. The molecule has 1 aliphatic heterocycles. The fourth-order valence-corrected chi connectivity index (χ4v) is 3.06. The molecule has 116 valence electrons. The molecule has 1 fully saturated rings. The van der Waals surface area contributed by atoms with E-state index in [1.807, 2.05) is 18.2 Å². The predicted molar refractivity (Wildman–Crippen MR) is 87.5 cm³/mol. The van der Waals surface area contributed by atoms with Gasteiger partial charge >= 0.3 is 0 Å². The van der Waals surface area contributed by atoms with E-state index in [1.54, 1.807) is 0 Å². The molecule has 1 atom stereocenters. The number of halogens is 1. The zero-order valence-corrected chi connectivity index (χ0v) is 13.5. The summed E-state index contributed by atoms with van der Waals surface area (Å²) in [6.07, 6.45) is 5.11. The zero-order chi connectivity index (χ0) is 15.1. The summed E-state index contributed by atoms with van der Waals surface area (Å²) in [7, 11) is 0. The number of likely N-dealkylation sites (tertiary alicyclic amines) is 1. The molecule has 0 spiro atoms. The molecule has 4 heteroatoms. The largest absolute Gasteiger partial charge is 0.354 e. The van der Waals surface area contributed by atoms with Crippen LogP contribution >= 0.6 is 11.6 Å². The Morgan fingerprint density at radius 2 is 2.14 bits per heavy atom. The lowest BCUT2D eigenvalue weighted by atomic mass is 10.1. The van der Waals surface area contributed by atoms with Crippen LogP contribution in [0.2, 0.25) is 5.02 Å².